The summed E-state index contributed by atoms with van der Waals surface area (Å²) in [7, 11) is 0. The van der Waals surface area contributed by atoms with E-state index in [4.69, 9.17) is 17.3 Å². The highest BCUT2D eigenvalue weighted by atomic mass is 35.5. The zero-order valence-electron chi connectivity index (χ0n) is 7.95. The molecule has 3 nitrogen and oxygen atoms in total. The van der Waals surface area contributed by atoms with Gasteiger partial charge in [0.05, 0.1) is 12.2 Å². The molecule has 0 aromatic carbocycles. The largest absolute Gasteiger partial charge is 0.326 e. The van der Waals surface area contributed by atoms with E-state index in [0.717, 1.165) is 23.6 Å². The fourth-order valence-electron chi connectivity index (χ4n) is 1.70. The van der Waals surface area contributed by atoms with Crippen molar-refractivity contribution in [1.29, 1.82) is 0 Å². The highest BCUT2D eigenvalue weighted by Crippen LogP contribution is 2.30. The van der Waals surface area contributed by atoms with E-state index >= 15 is 0 Å². The van der Waals surface area contributed by atoms with E-state index in [-0.39, 0.29) is 0 Å². The van der Waals surface area contributed by atoms with Gasteiger partial charge in [0.1, 0.15) is 5.15 Å². The van der Waals surface area contributed by atoms with Crippen molar-refractivity contribution < 1.29 is 0 Å². The zero-order valence-corrected chi connectivity index (χ0v) is 9.52. The van der Waals surface area contributed by atoms with Crippen molar-refractivity contribution in [1.82, 2.24) is 9.78 Å². The average Bonchev–Trinajstić information content (AvgIpc) is 2.61. The quantitative estimate of drug-likeness (QED) is 0.848. The Bertz CT molecular complexity index is 307. The van der Waals surface area contributed by atoms with Crippen LogP contribution < -0.4 is 5.73 Å². The van der Waals surface area contributed by atoms with Gasteiger partial charge in [-0.15, -0.1) is 0 Å². The van der Waals surface area contributed by atoms with Crippen molar-refractivity contribution in [3.8, 4) is 0 Å². The topological polar surface area (TPSA) is 43.8 Å². The van der Waals surface area contributed by atoms with Gasteiger partial charge in [-0.2, -0.15) is 16.9 Å². The Morgan fingerprint density at radius 1 is 1.57 bits per heavy atom. The molecule has 0 amide bonds. The van der Waals surface area contributed by atoms with E-state index in [2.05, 4.69) is 5.10 Å². The average molecular weight is 232 g/mol. The molecular weight excluding hydrogens is 218 g/mol. The lowest BCUT2D eigenvalue weighted by Crippen LogP contribution is -2.16. The SMILES string of the molecule is NCc1cnn(C2CCSCC2)c1Cl. The highest BCUT2D eigenvalue weighted by Gasteiger charge is 2.19. The normalized spacial score (nSPS) is 18.7. The third-order valence-corrected chi connectivity index (χ3v) is 4.03. The minimum absolute atomic E-state index is 0.473. The van der Waals surface area contributed by atoms with Gasteiger partial charge in [-0.3, -0.25) is 4.68 Å². The molecule has 0 radical (unpaired) electrons. The molecule has 1 aliphatic heterocycles. The van der Waals surface area contributed by atoms with E-state index in [1.54, 1.807) is 6.20 Å². The van der Waals surface area contributed by atoms with Gasteiger partial charge in [0.2, 0.25) is 0 Å². The van der Waals surface area contributed by atoms with Gasteiger partial charge < -0.3 is 5.73 Å². The molecule has 78 valence electrons. The summed E-state index contributed by atoms with van der Waals surface area (Å²) in [5, 5.41) is 5.03. The Kier molecular flexibility index (Phi) is 3.36. The second-order valence-corrected chi connectivity index (χ2v) is 5.04. The predicted octanol–water partition coefficient (Wildman–Crippen LogP) is 2.06. The Labute approximate surface area is 93.0 Å². The number of nitrogens with two attached hydrogens (primary N) is 1. The molecule has 1 aromatic heterocycles. The van der Waals surface area contributed by atoms with Crippen LogP contribution in [0.1, 0.15) is 24.4 Å². The van der Waals surface area contributed by atoms with Crippen LogP contribution in [0.15, 0.2) is 6.20 Å². The molecule has 2 heterocycles. The molecule has 0 unspecified atom stereocenters. The molecule has 2 rings (SSSR count). The number of thioether (sulfide) groups is 1. The van der Waals surface area contributed by atoms with Gasteiger partial charge in [0.15, 0.2) is 0 Å². The summed E-state index contributed by atoms with van der Waals surface area (Å²) in [5.41, 5.74) is 6.50. The van der Waals surface area contributed by atoms with Gasteiger partial charge in [0.25, 0.3) is 0 Å². The number of hydrogen-bond donors (Lipinski definition) is 1. The summed E-state index contributed by atoms with van der Waals surface area (Å²) >= 11 is 8.17. The molecule has 5 heteroatoms. The lowest BCUT2D eigenvalue weighted by molar-refractivity contribution is 0.427. The van der Waals surface area contributed by atoms with E-state index < -0.39 is 0 Å². The smallest absolute Gasteiger partial charge is 0.131 e. The third-order valence-electron chi connectivity index (χ3n) is 2.56. The van der Waals surface area contributed by atoms with Crippen molar-refractivity contribution in [3.05, 3.63) is 16.9 Å². The summed E-state index contributed by atoms with van der Waals surface area (Å²) in [6.07, 6.45) is 4.11. The first-order valence-electron chi connectivity index (χ1n) is 4.82. The Morgan fingerprint density at radius 2 is 2.29 bits per heavy atom. The highest BCUT2D eigenvalue weighted by molar-refractivity contribution is 7.99. The molecular formula is C9H14ClN3S. The minimum Gasteiger partial charge on any atom is -0.326 e. The lowest BCUT2D eigenvalue weighted by atomic mass is 10.2. The molecule has 14 heavy (non-hydrogen) atoms. The van der Waals surface area contributed by atoms with Crippen LogP contribution in [0.2, 0.25) is 5.15 Å². The summed E-state index contributed by atoms with van der Waals surface area (Å²) < 4.78 is 1.93. The molecule has 1 saturated heterocycles. The van der Waals surface area contributed by atoms with Crippen LogP contribution in [0, 0.1) is 0 Å². The number of hydrogen-bond acceptors (Lipinski definition) is 3. The van der Waals surface area contributed by atoms with Crippen LogP contribution in [-0.4, -0.2) is 21.3 Å². The molecule has 0 atom stereocenters. The van der Waals surface area contributed by atoms with Crippen molar-refractivity contribution in [3.63, 3.8) is 0 Å². The van der Waals surface area contributed by atoms with Gasteiger partial charge in [0, 0.05) is 12.1 Å². The lowest BCUT2D eigenvalue weighted by Gasteiger charge is -2.22. The second-order valence-electron chi connectivity index (χ2n) is 3.45. The maximum absolute atomic E-state index is 6.17. The minimum atomic E-state index is 0.473. The first-order chi connectivity index (χ1) is 6.83. The molecule has 1 aromatic rings. The maximum atomic E-state index is 6.17. The molecule has 2 N–H and O–H groups in total. The van der Waals surface area contributed by atoms with Crippen LogP contribution in [0.3, 0.4) is 0 Å². The predicted molar refractivity (Wildman–Crippen MR) is 60.7 cm³/mol. The van der Waals surface area contributed by atoms with Crippen LogP contribution in [0.5, 0.6) is 0 Å². The molecule has 1 aliphatic rings. The Hall–Kier alpha value is -0.190. The van der Waals surface area contributed by atoms with Crippen molar-refractivity contribution in [2.75, 3.05) is 11.5 Å². The summed E-state index contributed by atoms with van der Waals surface area (Å²) in [4.78, 5) is 0. The van der Waals surface area contributed by atoms with Gasteiger partial charge >= 0.3 is 0 Å². The molecule has 0 spiro atoms. The summed E-state index contributed by atoms with van der Waals surface area (Å²) in [6, 6.07) is 0.476. The molecule has 0 saturated carbocycles. The van der Waals surface area contributed by atoms with Crippen molar-refractivity contribution in [2.45, 2.75) is 25.4 Å². The number of aromatic nitrogens is 2. The monoisotopic (exact) mass is 231 g/mol. The zero-order chi connectivity index (χ0) is 9.97. The number of rotatable bonds is 2. The molecule has 0 bridgehead atoms. The van der Waals surface area contributed by atoms with Crippen LogP contribution in [0.25, 0.3) is 0 Å². The van der Waals surface area contributed by atoms with Gasteiger partial charge in [-0.25, -0.2) is 0 Å². The van der Waals surface area contributed by atoms with Crippen LogP contribution in [0.4, 0.5) is 0 Å². The van der Waals surface area contributed by atoms with E-state index in [1.807, 2.05) is 16.4 Å². The summed E-state index contributed by atoms with van der Waals surface area (Å²) in [6.45, 7) is 0.473. The van der Waals surface area contributed by atoms with E-state index in [9.17, 15) is 0 Å². The van der Waals surface area contributed by atoms with Gasteiger partial charge in [-0.05, 0) is 24.3 Å². The number of halogens is 1. The Balaban J connectivity index is 2.18. The van der Waals surface area contributed by atoms with E-state index in [1.165, 1.54) is 11.5 Å². The molecule has 1 fully saturated rings. The number of nitrogens with zero attached hydrogens (tertiary/aromatic N) is 2. The van der Waals surface area contributed by atoms with Crippen molar-refractivity contribution >= 4 is 23.4 Å². The third kappa shape index (κ3) is 1.92. The first kappa shape index (κ1) is 10.3. The van der Waals surface area contributed by atoms with E-state index in [0.29, 0.717) is 12.6 Å². The van der Waals surface area contributed by atoms with Crippen LogP contribution >= 0.6 is 23.4 Å². The maximum Gasteiger partial charge on any atom is 0.131 e. The fraction of sp³-hybridized carbons (Fsp3) is 0.667. The first-order valence-corrected chi connectivity index (χ1v) is 6.36. The van der Waals surface area contributed by atoms with Crippen LogP contribution in [-0.2, 0) is 6.54 Å². The second kappa shape index (κ2) is 4.55. The molecule has 0 aliphatic carbocycles. The standard InChI is InChI=1S/C9H14ClN3S/c10-9-7(5-11)6-12-13(9)8-1-3-14-4-2-8/h6,8H,1-5,11H2. The fourth-order valence-corrected chi connectivity index (χ4v) is 3.09. The van der Waals surface area contributed by atoms with Crippen molar-refractivity contribution in [2.24, 2.45) is 5.73 Å². The Morgan fingerprint density at radius 3 is 2.86 bits per heavy atom. The summed E-state index contributed by atoms with van der Waals surface area (Å²) in [5.74, 6) is 2.41. The van der Waals surface area contributed by atoms with Gasteiger partial charge in [-0.1, -0.05) is 11.6 Å².